The Morgan fingerprint density at radius 1 is 1.00 bits per heavy atom. The standard InChI is InChI=1S/C24H17ClFNO3S/c25-20-10-5-11-21(26)19(20)14-27-23(28)22(31-24(27)29)13-17-8-4-9-18(12-17)30-15-16-6-2-1-3-7-16/h1-13H,14-15H2/b22-13+. The van der Waals surface area contributed by atoms with Crippen LogP contribution in [0.5, 0.6) is 5.75 Å². The predicted molar refractivity (Wildman–Crippen MR) is 120 cm³/mol. The molecule has 0 atom stereocenters. The van der Waals surface area contributed by atoms with Crippen LogP contribution in [0.25, 0.3) is 6.08 Å². The zero-order chi connectivity index (χ0) is 21.8. The Kier molecular flexibility index (Phi) is 6.39. The van der Waals surface area contributed by atoms with Crippen molar-refractivity contribution in [1.29, 1.82) is 0 Å². The Hall–Kier alpha value is -3.09. The lowest BCUT2D eigenvalue weighted by molar-refractivity contribution is -0.123. The van der Waals surface area contributed by atoms with Crippen LogP contribution in [0.1, 0.15) is 16.7 Å². The van der Waals surface area contributed by atoms with Gasteiger partial charge in [0.1, 0.15) is 18.2 Å². The van der Waals surface area contributed by atoms with E-state index in [-0.39, 0.29) is 22.0 Å². The first-order valence-corrected chi connectivity index (χ1v) is 10.7. The Bertz CT molecular complexity index is 1150. The first-order valence-electron chi connectivity index (χ1n) is 9.46. The lowest BCUT2D eigenvalue weighted by Crippen LogP contribution is -2.28. The molecule has 4 nitrogen and oxygen atoms in total. The number of imide groups is 1. The molecule has 2 amide bonds. The van der Waals surface area contributed by atoms with Gasteiger partial charge in [-0.3, -0.25) is 14.5 Å². The summed E-state index contributed by atoms with van der Waals surface area (Å²) in [7, 11) is 0. The molecular formula is C24H17ClFNO3S. The summed E-state index contributed by atoms with van der Waals surface area (Å²) in [5.74, 6) is -0.390. The maximum absolute atomic E-state index is 14.1. The molecule has 1 aliphatic heterocycles. The number of benzene rings is 3. The van der Waals surface area contributed by atoms with E-state index >= 15 is 0 Å². The number of nitrogens with zero attached hydrogens (tertiary/aromatic N) is 1. The molecule has 0 N–H and O–H groups in total. The summed E-state index contributed by atoms with van der Waals surface area (Å²) >= 11 is 6.85. The number of halogens is 2. The molecule has 3 aromatic carbocycles. The van der Waals surface area contributed by atoms with Crippen molar-refractivity contribution < 1.29 is 18.7 Å². The van der Waals surface area contributed by atoms with E-state index in [9.17, 15) is 14.0 Å². The highest BCUT2D eigenvalue weighted by Gasteiger charge is 2.35. The van der Waals surface area contributed by atoms with Crippen molar-refractivity contribution in [3.05, 3.63) is 105 Å². The second-order valence-electron chi connectivity index (χ2n) is 6.81. The number of hydrogen-bond donors (Lipinski definition) is 0. The molecule has 0 aromatic heterocycles. The quantitative estimate of drug-likeness (QED) is 0.411. The van der Waals surface area contributed by atoms with E-state index in [1.165, 1.54) is 18.2 Å². The highest BCUT2D eigenvalue weighted by Crippen LogP contribution is 2.35. The van der Waals surface area contributed by atoms with Gasteiger partial charge in [-0.25, -0.2) is 4.39 Å². The Labute approximate surface area is 188 Å². The fourth-order valence-electron chi connectivity index (χ4n) is 3.06. The lowest BCUT2D eigenvalue weighted by Gasteiger charge is -2.14. The molecule has 7 heteroatoms. The number of thioether (sulfide) groups is 1. The van der Waals surface area contributed by atoms with E-state index < -0.39 is 17.0 Å². The van der Waals surface area contributed by atoms with E-state index in [4.69, 9.17) is 16.3 Å². The minimum Gasteiger partial charge on any atom is -0.489 e. The summed E-state index contributed by atoms with van der Waals surface area (Å²) in [5, 5.41) is -0.293. The first-order chi connectivity index (χ1) is 15.0. The second kappa shape index (κ2) is 9.37. The van der Waals surface area contributed by atoms with Gasteiger partial charge in [-0.1, -0.05) is 60.1 Å². The van der Waals surface area contributed by atoms with Crippen LogP contribution in [0.2, 0.25) is 5.02 Å². The fourth-order valence-corrected chi connectivity index (χ4v) is 4.13. The summed E-state index contributed by atoms with van der Waals surface area (Å²) in [4.78, 5) is 26.4. The van der Waals surface area contributed by atoms with Crippen molar-refractivity contribution in [2.75, 3.05) is 0 Å². The molecule has 0 bridgehead atoms. The van der Waals surface area contributed by atoms with Crippen LogP contribution in [-0.4, -0.2) is 16.0 Å². The van der Waals surface area contributed by atoms with E-state index in [1.807, 2.05) is 48.5 Å². The van der Waals surface area contributed by atoms with Crippen molar-refractivity contribution in [3.8, 4) is 5.75 Å². The van der Waals surface area contributed by atoms with Gasteiger partial charge in [-0.15, -0.1) is 0 Å². The van der Waals surface area contributed by atoms with Gasteiger partial charge in [-0.05, 0) is 53.2 Å². The maximum atomic E-state index is 14.1. The zero-order valence-electron chi connectivity index (χ0n) is 16.3. The number of rotatable bonds is 6. The first kappa shape index (κ1) is 21.2. The van der Waals surface area contributed by atoms with Gasteiger partial charge in [0.2, 0.25) is 0 Å². The van der Waals surface area contributed by atoms with Gasteiger partial charge in [0.25, 0.3) is 11.1 Å². The van der Waals surface area contributed by atoms with Crippen molar-refractivity contribution in [2.24, 2.45) is 0 Å². The molecule has 31 heavy (non-hydrogen) atoms. The van der Waals surface area contributed by atoms with E-state index in [2.05, 4.69) is 0 Å². The van der Waals surface area contributed by atoms with Gasteiger partial charge in [0.15, 0.2) is 0 Å². The minimum absolute atomic E-state index is 0.115. The predicted octanol–water partition coefficient (Wildman–Crippen LogP) is 6.29. The van der Waals surface area contributed by atoms with Crippen LogP contribution < -0.4 is 4.74 Å². The van der Waals surface area contributed by atoms with Gasteiger partial charge in [0, 0.05) is 10.6 Å². The molecule has 3 aromatic rings. The van der Waals surface area contributed by atoms with Crippen molar-refractivity contribution in [1.82, 2.24) is 4.90 Å². The average Bonchev–Trinajstić information content (AvgIpc) is 3.03. The third kappa shape index (κ3) is 4.98. The summed E-state index contributed by atoms with van der Waals surface area (Å²) in [6, 6.07) is 21.3. The number of hydrogen-bond acceptors (Lipinski definition) is 4. The number of ether oxygens (including phenoxy) is 1. The summed E-state index contributed by atoms with van der Waals surface area (Å²) < 4.78 is 19.9. The molecule has 0 saturated carbocycles. The van der Waals surface area contributed by atoms with E-state index in [1.54, 1.807) is 12.1 Å². The van der Waals surface area contributed by atoms with Gasteiger partial charge in [-0.2, -0.15) is 0 Å². The molecule has 1 aliphatic rings. The van der Waals surface area contributed by atoms with Crippen molar-refractivity contribution in [2.45, 2.75) is 13.2 Å². The highest BCUT2D eigenvalue weighted by molar-refractivity contribution is 8.18. The molecule has 0 radical (unpaired) electrons. The second-order valence-corrected chi connectivity index (χ2v) is 8.22. The summed E-state index contributed by atoms with van der Waals surface area (Å²) in [6.45, 7) is 0.206. The third-order valence-corrected chi connectivity index (χ3v) is 5.92. The Morgan fingerprint density at radius 3 is 2.55 bits per heavy atom. The topological polar surface area (TPSA) is 46.6 Å². The number of carbonyl (C=O) groups excluding carboxylic acids is 2. The highest BCUT2D eigenvalue weighted by atomic mass is 35.5. The van der Waals surface area contributed by atoms with Gasteiger partial charge in [0.05, 0.1) is 11.4 Å². The summed E-state index contributed by atoms with van der Waals surface area (Å²) in [6.07, 6.45) is 1.63. The number of carbonyl (C=O) groups is 2. The molecule has 1 heterocycles. The van der Waals surface area contributed by atoms with Crippen molar-refractivity contribution >= 4 is 40.6 Å². The van der Waals surface area contributed by atoms with Gasteiger partial charge < -0.3 is 4.74 Å². The van der Waals surface area contributed by atoms with Crippen LogP contribution in [0, 0.1) is 5.82 Å². The van der Waals surface area contributed by atoms with E-state index in [0.717, 1.165) is 27.8 Å². The Balaban J connectivity index is 1.49. The normalized spacial score (nSPS) is 15.0. The molecule has 1 saturated heterocycles. The van der Waals surface area contributed by atoms with Gasteiger partial charge >= 0.3 is 0 Å². The van der Waals surface area contributed by atoms with Crippen LogP contribution >= 0.6 is 23.4 Å². The SMILES string of the molecule is O=C1S/C(=C/c2cccc(OCc3ccccc3)c2)C(=O)N1Cc1c(F)cccc1Cl. The zero-order valence-corrected chi connectivity index (χ0v) is 17.8. The maximum Gasteiger partial charge on any atom is 0.293 e. The van der Waals surface area contributed by atoms with Crippen LogP contribution in [0.4, 0.5) is 9.18 Å². The van der Waals surface area contributed by atoms with Crippen LogP contribution in [0.3, 0.4) is 0 Å². The molecule has 4 rings (SSSR count). The fraction of sp³-hybridized carbons (Fsp3) is 0.0833. The molecule has 156 valence electrons. The molecule has 0 spiro atoms. The Morgan fingerprint density at radius 2 is 1.77 bits per heavy atom. The van der Waals surface area contributed by atoms with E-state index in [0.29, 0.717) is 12.4 Å². The molecule has 0 unspecified atom stereocenters. The molecule has 1 fully saturated rings. The van der Waals surface area contributed by atoms with Crippen molar-refractivity contribution in [3.63, 3.8) is 0 Å². The molecule has 0 aliphatic carbocycles. The molecular weight excluding hydrogens is 437 g/mol. The minimum atomic E-state index is -0.557. The average molecular weight is 454 g/mol. The van der Waals surface area contributed by atoms with Crippen LogP contribution in [-0.2, 0) is 17.9 Å². The smallest absolute Gasteiger partial charge is 0.293 e. The lowest BCUT2D eigenvalue weighted by atomic mass is 10.1. The van der Waals surface area contributed by atoms with Crippen LogP contribution in [0.15, 0.2) is 77.7 Å². The third-order valence-electron chi connectivity index (χ3n) is 4.66. The summed E-state index contributed by atoms with van der Waals surface area (Å²) in [5.41, 5.74) is 1.88. The monoisotopic (exact) mass is 453 g/mol. The number of amides is 2. The largest absolute Gasteiger partial charge is 0.489 e.